The number of hydrogen-bond acceptors (Lipinski definition) is 4. The van der Waals surface area contributed by atoms with Gasteiger partial charge in [0.2, 0.25) is 0 Å². The van der Waals surface area contributed by atoms with Crippen LogP contribution in [0.15, 0.2) is 30.3 Å². The third-order valence-corrected chi connectivity index (χ3v) is 4.23. The molecule has 0 aliphatic rings. The molecule has 0 bridgehead atoms. The topological polar surface area (TPSA) is 58.6 Å². The Morgan fingerprint density at radius 3 is 2.68 bits per heavy atom. The highest BCUT2D eigenvalue weighted by atomic mass is 32.2. The highest BCUT2D eigenvalue weighted by Crippen LogP contribution is 2.08. The monoisotopic (exact) mass is 285 g/mol. The molecule has 0 saturated carbocycles. The third-order valence-electron chi connectivity index (χ3n) is 2.86. The molecule has 0 saturated heterocycles. The van der Waals surface area contributed by atoms with Crippen molar-refractivity contribution in [1.82, 2.24) is 5.32 Å². The Bertz CT molecular complexity index is 372. The molecule has 3 atom stereocenters. The van der Waals surface area contributed by atoms with E-state index in [0.717, 1.165) is 18.7 Å². The van der Waals surface area contributed by atoms with Crippen molar-refractivity contribution in [2.75, 3.05) is 26.0 Å². The van der Waals surface area contributed by atoms with Gasteiger partial charge in [-0.05, 0) is 25.1 Å². The predicted octanol–water partition coefficient (Wildman–Crippen LogP) is 1.17. The van der Waals surface area contributed by atoms with Crippen LogP contribution in [0.2, 0.25) is 0 Å². The Morgan fingerprint density at radius 1 is 1.37 bits per heavy atom. The van der Waals surface area contributed by atoms with Crippen LogP contribution < -0.4 is 10.1 Å². The molecule has 0 aromatic heterocycles. The van der Waals surface area contributed by atoms with E-state index >= 15 is 0 Å². The van der Waals surface area contributed by atoms with E-state index in [4.69, 9.17) is 4.74 Å². The third kappa shape index (κ3) is 7.30. The highest BCUT2D eigenvalue weighted by Gasteiger charge is 2.07. The van der Waals surface area contributed by atoms with Crippen molar-refractivity contribution >= 4 is 10.8 Å². The van der Waals surface area contributed by atoms with Crippen LogP contribution >= 0.6 is 0 Å². The Balaban J connectivity index is 2.08. The van der Waals surface area contributed by atoms with Gasteiger partial charge in [0.1, 0.15) is 18.5 Å². The van der Waals surface area contributed by atoms with Gasteiger partial charge in [-0.3, -0.25) is 4.21 Å². The maximum absolute atomic E-state index is 11.1. The Hall–Kier alpha value is -0.910. The smallest absolute Gasteiger partial charge is 0.119 e. The van der Waals surface area contributed by atoms with Crippen molar-refractivity contribution in [2.24, 2.45) is 0 Å². The summed E-state index contributed by atoms with van der Waals surface area (Å²) in [5, 5.41) is 13.1. The van der Waals surface area contributed by atoms with E-state index in [0.29, 0.717) is 6.54 Å². The second-order valence-electron chi connectivity index (χ2n) is 4.58. The summed E-state index contributed by atoms with van der Waals surface area (Å²) in [4.78, 5) is 0. The van der Waals surface area contributed by atoms with Gasteiger partial charge in [-0.1, -0.05) is 25.1 Å². The van der Waals surface area contributed by atoms with Crippen LogP contribution in [0.5, 0.6) is 5.75 Å². The molecule has 0 spiro atoms. The van der Waals surface area contributed by atoms with Crippen LogP contribution in [0.4, 0.5) is 0 Å². The second kappa shape index (κ2) is 9.07. The summed E-state index contributed by atoms with van der Waals surface area (Å²) in [6.07, 6.45) is 2.02. The second-order valence-corrected chi connectivity index (χ2v) is 6.38. The molecule has 1 aromatic rings. The highest BCUT2D eigenvalue weighted by molar-refractivity contribution is 7.84. The first-order chi connectivity index (χ1) is 9.09. The van der Waals surface area contributed by atoms with Gasteiger partial charge in [0.05, 0.1) is 0 Å². The lowest BCUT2D eigenvalue weighted by atomic mass is 10.3. The summed E-state index contributed by atoms with van der Waals surface area (Å²) in [7, 11) is -0.780. The molecular weight excluding hydrogens is 262 g/mol. The maximum atomic E-state index is 11.1. The van der Waals surface area contributed by atoms with Crippen LogP contribution in [-0.2, 0) is 10.8 Å². The van der Waals surface area contributed by atoms with E-state index in [-0.39, 0.29) is 11.9 Å². The summed E-state index contributed by atoms with van der Waals surface area (Å²) in [5.74, 6) is 0.761. The van der Waals surface area contributed by atoms with Gasteiger partial charge in [-0.2, -0.15) is 0 Å². The molecule has 1 rings (SSSR count). The Morgan fingerprint density at radius 2 is 2.05 bits per heavy atom. The molecular formula is C14H23NO3S. The largest absolute Gasteiger partial charge is 0.491 e. The molecule has 0 fully saturated rings. The fraction of sp³-hybridized carbons (Fsp3) is 0.571. The molecule has 0 radical (unpaired) electrons. The van der Waals surface area contributed by atoms with Crippen molar-refractivity contribution in [3.05, 3.63) is 30.3 Å². The predicted molar refractivity (Wildman–Crippen MR) is 79.0 cm³/mol. The number of para-hydroxylation sites is 1. The summed E-state index contributed by atoms with van der Waals surface area (Å²) in [6, 6.07) is 9.43. The molecule has 0 amide bonds. The fourth-order valence-electron chi connectivity index (χ4n) is 1.51. The molecule has 108 valence electrons. The lowest BCUT2D eigenvalue weighted by Crippen LogP contribution is -2.33. The fourth-order valence-corrected chi connectivity index (χ4v) is 1.96. The van der Waals surface area contributed by atoms with E-state index in [1.165, 1.54) is 0 Å². The van der Waals surface area contributed by atoms with Gasteiger partial charge >= 0.3 is 0 Å². The first-order valence-electron chi connectivity index (χ1n) is 6.48. The zero-order valence-corrected chi connectivity index (χ0v) is 12.4. The van der Waals surface area contributed by atoms with Crippen LogP contribution in [0.1, 0.15) is 13.3 Å². The number of aliphatic hydroxyl groups is 1. The van der Waals surface area contributed by atoms with Crippen LogP contribution in [0.25, 0.3) is 0 Å². The minimum absolute atomic E-state index is 0.185. The lowest BCUT2D eigenvalue weighted by molar-refractivity contribution is 0.106. The standard InChI is InChI=1S/C14H23NO3S/c1-12(19(2)17)8-9-15-10-13(16)11-18-14-6-4-3-5-7-14/h3-7,12-13,15-16H,8-11H2,1-2H3. The van der Waals surface area contributed by atoms with Gasteiger partial charge in [-0.15, -0.1) is 0 Å². The minimum atomic E-state index is -0.780. The van der Waals surface area contributed by atoms with Crippen molar-refractivity contribution in [1.29, 1.82) is 0 Å². The van der Waals surface area contributed by atoms with Gasteiger partial charge < -0.3 is 15.2 Å². The number of hydrogen-bond donors (Lipinski definition) is 2. The van der Waals surface area contributed by atoms with E-state index in [9.17, 15) is 9.32 Å². The summed E-state index contributed by atoms with van der Waals surface area (Å²) in [5.41, 5.74) is 0. The number of ether oxygens (including phenoxy) is 1. The van der Waals surface area contributed by atoms with Crippen LogP contribution in [-0.4, -0.2) is 46.6 Å². The molecule has 2 N–H and O–H groups in total. The van der Waals surface area contributed by atoms with Crippen molar-refractivity contribution in [2.45, 2.75) is 24.7 Å². The first kappa shape index (κ1) is 16.1. The minimum Gasteiger partial charge on any atom is -0.491 e. The number of rotatable bonds is 9. The van der Waals surface area contributed by atoms with E-state index < -0.39 is 16.9 Å². The zero-order chi connectivity index (χ0) is 14.1. The quantitative estimate of drug-likeness (QED) is 0.669. The van der Waals surface area contributed by atoms with Crippen molar-refractivity contribution in [3.8, 4) is 5.75 Å². The zero-order valence-electron chi connectivity index (χ0n) is 11.5. The summed E-state index contributed by atoms with van der Waals surface area (Å²) in [6.45, 7) is 3.47. The molecule has 19 heavy (non-hydrogen) atoms. The van der Waals surface area contributed by atoms with Gasteiger partial charge in [-0.25, -0.2) is 0 Å². The molecule has 0 heterocycles. The van der Waals surface area contributed by atoms with Crippen molar-refractivity contribution in [3.63, 3.8) is 0 Å². The molecule has 4 nitrogen and oxygen atoms in total. The number of aliphatic hydroxyl groups excluding tert-OH is 1. The summed E-state index contributed by atoms with van der Waals surface area (Å²) >= 11 is 0. The first-order valence-corrected chi connectivity index (χ1v) is 8.10. The average Bonchev–Trinajstić information content (AvgIpc) is 2.42. The van der Waals surface area contributed by atoms with E-state index in [2.05, 4.69) is 5.32 Å². The van der Waals surface area contributed by atoms with E-state index in [1.807, 2.05) is 37.3 Å². The maximum Gasteiger partial charge on any atom is 0.119 e. The Kier molecular flexibility index (Phi) is 7.70. The number of benzene rings is 1. The van der Waals surface area contributed by atoms with Gasteiger partial charge in [0.25, 0.3) is 0 Å². The van der Waals surface area contributed by atoms with E-state index in [1.54, 1.807) is 6.26 Å². The van der Waals surface area contributed by atoms with Crippen molar-refractivity contribution < 1.29 is 14.1 Å². The molecule has 0 aliphatic heterocycles. The van der Waals surface area contributed by atoms with Gasteiger partial charge in [0.15, 0.2) is 0 Å². The number of nitrogens with one attached hydrogen (secondary N) is 1. The van der Waals surface area contributed by atoms with Gasteiger partial charge in [0, 0.05) is 28.9 Å². The van der Waals surface area contributed by atoms with Crippen LogP contribution in [0, 0.1) is 0 Å². The average molecular weight is 285 g/mol. The molecule has 0 aliphatic carbocycles. The summed E-state index contributed by atoms with van der Waals surface area (Å²) < 4.78 is 16.6. The Labute approximate surface area is 117 Å². The normalized spacial score (nSPS) is 15.7. The molecule has 5 heteroatoms. The lowest BCUT2D eigenvalue weighted by Gasteiger charge is -2.14. The SMILES string of the molecule is CC(CCNCC(O)COc1ccccc1)S(C)=O. The molecule has 3 unspecified atom stereocenters. The van der Waals surface area contributed by atoms with Crippen LogP contribution in [0.3, 0.4) is 0 Å². The molecule has 1 aromatic carbocycles.